The summed E-state index contributed by atoms with van der Waals surface area (Å²) in [4.78, 5) is 11.8. The monoisotopic (exact) mass is 305 g/mol. The van der Waals surface area contributed by atoms with Crippen LogP contribution in [0.5, 0.6) is 11.5 Å². The second kappa shape index (κ2) is 8.44. The Bertz CT molecular complexity index is 521. The summed E-state index contributed by atoms with van der Waals surface area (Å²) in [5, 5.41) is 2.85. The van der Waals surface area contributed by atoms with Crippen molar-refractivity contribution in [3.8, 4) is 11.5 Å². The molecule has 0 bridgehead atoms. The Morgan fingerprint density at radius 2 is 2.32 bits per heavy atom. The first-order valence-electron chi connectivity index (χ1n) is 7.61. The van der Waals surface area contributed by atoms with Crippen molar-refractivity contribution in [2.24, 2.45) is 0 Å². The first kappa shape index (κ1) is 16.4. The average molecular weight is 305 g/mol. The van der Waals surface area contributed by atoms with Gasteiger partial charge in [-0.2, -0.15) is 0 Å². The van der Waals surface area contributed by atoms with Gasteiger partial charge in [-0.05, 0) is 43.5 Å². The molecule has 0 saturated carbocycles. The predicted molar refractivity (Wildman–Crippen MR) is 85.2 cm³/mol. The van der Waals surface area contributed by atoms with Crippen molar-refractivity contribution in [1.82, 2.24) is 5.32 Å². The number of carbonyl (C=O) groups is 1. The zero-order valence-corrected chi connectivity index (χ0v) is 13.1. The molecule has 120 valence electrons. The summed E-state index contributed by atoms with van der Waals surface area (Å²) in [7, 11) is 1.60. The van der Waals surface area contributed by atoms with Gasteiger partial charge in [0.05, 0.1) is 19.8 Å². The topological polar surface area (TPSA) is 56.8 Å². The van der Waals surface area contributed by atoms with Gasteiger partial charge in [-0.3, -0.25) is 4.79 Å². The molecule has 1 N–H and O–H groups in total. The first-order valence-corrected chi connectivity index (χ1v) is 7.61. The molecule has 5 nitrogen and oxygen atoms in total. The summed E-state index contributed by atoms with van der Waals surface area (Å²) >= 11 is 0. The second-order valence-electron chi connectivity index (χ2n) is 5.06. The molecule has 2 rings (SSSR count). The van der Waals surface area contributed by atoms with Crippen LogP contribution in [0, 0.1) is 0 Å². The number of carbonyl (C=O) groups excluding carboxylic acids is 1. The van der Waals surface area contributed by atoms with Crippen molar-refractivity contribution >= 4 is 12.0 Å². The van der Waals surface area contributed by atoms with Crippen molar-refractivity contribution in [3.63, 3.8) is 0 Å². The van der Waals surface area contributed by atoms with Crippen LogP contribution in [0.25, 0.3) is 6.08 Å². The highest BCUT2D eigenvalue weighted by molar-refractivity contribution is 5.91. The van der Waals surface area contributed by atoms with Crippen molar-refractivity contribution < 1.29 is 19.0 Å². The number of rotatable bonds is 7. The zero-order valence-electron chi connectivity index (χ0n) is 13.1. The molecule has 1 aromatic carbocycles. The van der Waals surface area contributed by atoms with Crippen molar-refractivity contribution in [2.75, 3.05) is 26.9 Å². The van der Waals surface area contributed by atoms with Gasteiger partial charge in [0.25, 0.3) is 0 Å². The normalized spacial score (nSPS) is 17.6. The van der Waals surface area contributed by atoms with Gasteiger partial charge in [-0.15, -0.1) is 0 Å². The lowest BCUT2D eigenvalue weighted by molar-refractivity contribution is -0.116. The van der Waals surface area contributed by atoms with Gasteiger partial charge in [0.2, 0.25) is 5.91 Å². The average Bonchev–Trinajstić information content (AvgIpc) is 3.05. The maximum Gasteiger partial charge on any atom is 0.244 e. The van der Waals surface area contributed by atoms with Crippen LogP contribution in [-0.4, -0.2) is 38.9 Å². The van der Waals surface area contributed by atoms with E-state index in [-0.39, 0.29) is 12.0 Å². The minimum Gasteiger partial charge on any atom is -0.493 e. The quantitative estimate of drug-likeness (QED) is 0.786. The first-order chi connectivity index (χ1) is 10.7. The van der Waals surface area contributed by atoms with Crippen LogP contribution in [0.3, 0.4) is 0 Å². The number of benzene rings is 1. The Hall–Kier alpha value is -2.01. The molecule has 0 spiro atoms. The van der Waals surface area contributed by atoms with Crippen LogP contribution < -0.4 is 14.8 Å². The van der Waals surface area contributed by atoms with Gasteiger partial charge in [-0.1, -0.05) is 6.07 Å². The van der Waals surface area contributed by atoms with Crippen LogP contribution in [-0.2, 0) is 9.53 Å². The number of amides is 1. The molecular formula is C17H23NO4. The van der Waals surface area contributed by atoms with Gasteiger partial charge < -0.3 is 19.5 Å². The molecule has 1 atom stereocenters. The Morgan fingerprint density at radius 3 is 3.00 bits per heavy atom. The van der Waals surface area contributed by atoms with E-state index in [0.717, 1.165) is 25.0 Å². The third-order valence-electron chi connectivity index (χ3n) is 3.44. The minimum atomic E-state index is -0.122. The fourth-order valence-corrected chi connectivity index (χ4v) is 2.31. The third-order valence-corrected chi connectivity index (χ3v) is 3.44. The molecule has 5 heteroatoms. The predicted octanol–water partition coefficient (Wildman–Crippen LogP) is 2.40. The van der Waals surface area contributed by atoms with Gasteiger partial charge in [0.1, 0.15) is 0 Å². The lowest BCUT2D eigenvalue weighted by Gasteiger charge is -2.10. The molecule has 1 unspecified atom stereocenters. The maximum atomic E-state index is 11.8. The van der Waals surface area contributed by atoms with Crippen molar-refractivity contribution in [3.05, 3.63) is 29.8 Å². The highest BCUT2D eigenvalue weighted by Gasteiger charge is 2.15. The molecule has 0 aliphatic carbocycles. The number of hydrogen-bond acceptors (Lipinski definition) is 4. The van der Waals surface area contributed by atoms with Crippen LogP contribution in [0.2, 0.25) is 0 Å². The number of methoxy groups -OCH3 is 1. The summed E-state index contributed by atoms with van der Waals surface area (Å²) in [6.07, 6.45) is 5.51. The zero-order chi connectivity index (χ0) is 15.8. The SMILES string of the molecule is CCOc1ccc(C=CC(=O)NCC2CCCO2)cc1OC. The molecule has 0 aromatic heterocycles. The molecule has 1 amide bonds. The molecule has 1 heterocycles. The largest absolute Gasteiger partial charge is 0.493 e. The smallest absolute Gasteiger partial charge is 0.244 e. The van der Waals surface area contributed by atoms with Crippen molar-refractivity contribution in [2.45, 2.75) is 25.9 Å². The Morgan fingerprint density at radius 1 is 1.45 bits per heavy atom. The third kappa shape index (κ3) is 4.77. The fourth-order valence-electron chi connectivity index (χ4n) is 2.31. The summed E-state index contributed by atoms with van der Waals surface area (Å²) in [5.41, 5.74) is 0.882. The van der Waals surface area contributed by atoms with Crippen LogP contribution in [0.4, 0.5) is 0 Å². The minimum absolute atomic E-state index is 0.122. The summed E-state index contributed by atoms with van der Waals surface area (Å²) < 4.78 is 16.2. The molecule has 22 heavy (non-hydrogen) atoms. The van der Waals surface area contributed by atoms with E-state index in [9.17, 15) is 4.79 Å². The van der Waals surface area contributed by atoms with Crippen LogP contribution in [0.15, 0.2) is 24.3 Å². The number of ether oxygens (including phenoxy) is 3. The van der Waals surface area contributed by atoms with E-state index in [1.165, 1.54) is 6.08 Å². The van der Waals surface area contributed by atoms with Gasteiger partial charge >= 0.3 is 0 Å². The van der Waals surface area contributed by atoms with Gasteiger partial charge in [0, 0.05) is 19.2 Å². The van der Waals surface area contributed by atoms with Crippen LogP contribution >= 0.6 is 0 Å². The van der Waals surface area contributed by atoms with E-state index in [1.54, 1.807) is 13.2 Å². The van der Waals surface area contributed by atoms with E-state index < -0.39 is 0 Å². The highest BCUT2D eigenvalue weighted by Crippen LogP contribution is 2.28. The van der Waals surface area contributed by atoms with E-state index in [1.807, 2.05) is 25.1 Å². The van der Waals surface area contributed by atoms with E-state index in [0.29, 0.717) is 24.7 Å². The van der Waals surface area contributed by atoms with Gasteiger partial charge in [0.15, 0.2) is 11.5 Å². The standard InChI is InChI=1S/C17H23NO4/c1-3-21-15-8-6-13(11-16(15)20-2)7-9-17(19)18-12-14-5-4-10-22-14/h6-9,11,14H,3-5,10,12H2,1-2H3,(H,18,19). The molecule has 1 aromatic rings. The van der Waals surface area contributed by atoms with E-state index in [2.05, 4.69) is 5.32 Å². The van der Waals surface area contributed by atoms with Gasteiger partial charge in [-0.25, -0.2) is 0 Å². The van der Waals surface area contributed by atoms with Crippen molar-refractivity contribution in [1.29, 1.82) is 0 Å². The molecule has 1 aliphatic rings. The molecule has 1 aliphatic heterocycles. The summed E-state index contributed by atoms with van der Waals surface area (Å²) in [6, 6.07) is 5.57. The number of hydrogen-bond donors (Lipinski definition) is 1. The molecule has 0 radical (unpaired) electrons. The Balaban J connectivity index is 1.89. The maximum absolute atomic E-state index is 11.8. The van der Waals surface area contributed by atoms with E-state index in [4.69, 9.17) is 14.2 Å². The lowest BCUT2D eigenvalue weighted by Crippen LogP contribution is -2.30. The summed E-state index contributed by atoms with van der Waals surface area (Å²) in [5.74, 6) is 1.23. The molecule has 1 fully saturated rings. The lowest BCUT2D eigenvalue weighted by atomic mass is 10.2. The fraction of sp³-hybridized carbons (Fsp3) is 0.471. The van der Waals surface area contributed by atoms with Crippen LogP contribution in [0.1, 0.15) is 25.3 Å². The number of nitrogens with one attached hydrogen (secondary N) is 1. The Kier molecular flexibility index (Phi) is 6.27. The highest BCUT2D eigenvalue weighted by atomic mass is 16.5. The summed E-state index contributed by atoms with van der Waals surface area (Å²) in [6.45, 7) is 3.86. The Labute approximate surface area is 131 Å². The molecule has 1 saturated heterocycles. The van der Waals surface area contributed by atoms with E-state index >= 15 is 0 Å². The second-order valence-corrected chi connectivity index (χ2v) is 5.06. The molecular weight excluding hydrogens is 282 g/mol.